The van der Waals surface area contributed by atoms with Gasteiger partial charge in [0.2, 0.25) is 0 Å². The zero-order valence-electron chi connectivity index (χ0n) is 13.0. The average Bonchev–Trinajstić information content (AvgIpc) is 2.57. The number of rotatable bonds is 7. The highest BCUT2D eigenvalue weighted by molar-refractivity contribution is 5.74. The number of nitrogens with one attached hydrogen (secondary N) is 1. The maximum absolute atomic E-state index is 12.8. The molecule has 120 valence electrons. The van der Waals surface area contributed by atoms with Crippen LogP contribution in [0, 0.1) is 5.82 Å². The van der Waals surface area contributed by atoms with Crippen molar-refractivity contribution in [3.63, 3.8) is 0 Å². The zero-order valence-corrected chi connectivity index (χ0v) is 13.0. The van der Waals surface area contributed by atoms with Crippen LogP contribution in [0.15, 0.2) is 67.3 Å². The summed E-state index contributed by atoms with van der Waals surface area (Å²) in [4.78, 5) is 14.0. The molecule has 0 radical (unpaired) electrons. The summed E-state index contributed by atoms with van der Waals surface area (Å²) in [5.74, 6) is -0.252. The first-order valence-corrected chi connectivity index (χ1v) is 7.61. The van der Waals surface area contributed by atoms with Crippen molar-refractivity contribution in [2.45, 2.75) is 13.0 Å². The summed E-state index contributed by atoms with van der Waals surface area (Å²) in [7, 11) is 0. The van der Waals surface area contributed by atoms with Gasteiger partial charge in [0, 0.05) is 19.6 Å². The average molecular weight is 312 g/mol. The minimum Gasteiger partial charge on any atom is -0.338 e. The summed E-state index contributed by atoms with van der Waals surface area (Å²) in [5.41, 5.74) is 2.06. The zero-order chi connectivity index (χ0) is 16.5. The topological polar surface area (TPSA) is 32.3 Å². The van der Waals surface area contributed by atoms with Gasteiger partial charge in [-0.25, -0.2) is 9.18 Å². The van der Waals surface area contributed by atoms with E-state index in [2.05, 4.69) is 11.9 Å². The van der Waals surface area contributed by atoms with E-state index in [-0.39, 0.29) is 11.8 Å². The van der Waals surface area contributed by atoms with Crippen LogP contribution in [0.5, 0.6) is 0 Å². The molecule has 0 spiro atoms. The maximum atomic E-state index is 12.8. The molecule has 0 aromatic heterocycles. The van der Waals surface area contributed by atoms with Gasteiger partial charge in [-0.15, -0.1) is 6.58 Å². The lowest BCUT2D eigenvalue weighted by molar-refractivity contribution is 0.201. The largest absolute Gasteiger partial charge is 0.338 e. The monoisotopic (exact) mass is 312 g/mol. The van der Waals surface area contributed by atoms with Crippen molar-refractivity contribution in [2.75, 3.05) is 13.1 Å². The molecule has 0 saturated carbocycles. The lowest BCUT2D eigenvalue weighted by Gasteiger charge is -2.21. The molecule has 2 amide bonds. The second-order valence-corrected chi connectivity index (χ2v) is 5.26. The van der Waals surface area contributed by atoms with Gasteiger partial charge in [0.1, 0.15) is 5.82 Å². The lowest BCUT2D eigenvalue weighted by Crippen LogP contribution is -2.40. The molecule has 0 fully saturated rings. The summed E-state index contributed by atoms with van der Waals surface area (Å²) in [5, 5.41) is 2.90. The first kappa shape index (κ1) is 16.7. The van der Waals surface area contributed by atoms with Gasteiger partial charge in [-0.2, -0.15) is 0 Å². The predicted octanol–water partition coefficient (Wildman–Crippen LogP) is 3.77. The van der Waals surface area contributed by atoms with Crippen LogP contribution in [0.3, 0.4) is 0 Å². The third-order valence-corrected chi connectivity index (χ3v) is 3.46. The van der Waals surface area contributed by atoms with Gasteiger partial charge >= 0.3 is 6.03 Å². The summed E-state index contributed by atoms with van der Waals surface area (Å²) < 4.78 is 12.8. The number of urea groups is 1. The Kier molecular flexibility index (Phi) is 6.36. The van der Waals surface area contributed by atoms with Crippen LogP contribution in [0.25, 0.3) is 0 Å². The van der Waals surface area contributed by atoms with Crippen LogP contribution in [0.4, 0.5) is 9.18 Å². The van der Waals surface area contributed by atoms with E-state index < -0.39 is 0 Å². The SMILES string of the molecule is C=CCN(Cc1ccccc1)C(=O)NCCc1ccc(F)cc1. The highest BCUT2D eigenvalue weighted by Gasteiger charge is 2.11. The molecule has 0 bridgehead atoms. The van der Waals surface area contributed by atoms with Crippen LogP contribution < -0.4 is 5.32 Å². The standard InChI is InChI=1S/C19H21FN2O/c1-2-14-22(15-17-6-4-3-5-7-17)19(23)21-13-12-16-8-10-18(20)11-9-16/h2-11H,1,12-15H2,(H,21,23). The van der Waals surface area contributed by atoms with Crippen LogP contribution in [0.2, 0.25) is 0 Å². The normalized spacial score (nSPS) is 10.1. The maximum Gasteiger partial charge on any atom is 0.317 e. The Bertz CT molecular complexity index is 626. The van der Waals surface area contributed by atoms with Gasteiger partial charge < -0.3 is 10.2 Å². The molecule has 23 heavy (non-hydrogen) atoms. The minimum absolute atomic E-state index is 0.129. The van der Waals surface area contributed by atoms with Gasteiger partial charge in [0.05, 0.1) is 0 Å². The Morgan fingerprint density at radius 3 is 2.43 bits per heavy atom. The van der Waals surface area contributed by atoms with Gasteiger partial charge in [-0.1, -0.05) is 48.5 Å². The Morgan fingerprint density at radius 2 is 1.78 bits per heavy atom. The van der Waals surface area contributed by atoms with E-state index in [1.807, 2.05) is 30.3 Å². The lowest BCUT2D eigenvalue weighted by atomic mass is 10.1. The van der Waals surface area contributed by atoms with Crippen molar-refractivity contribution < 1.29 is 9.18 Å². The fourth-order valence-corrected chi connectivity index (χ4v) is 2.26. The minimum atomic E-state index is -0.252. The summed E-state index contributed by atoms with van der Waals surface area (Å²) >= 11 is 0. The molecule has 0 unspecified atom stereocenters. The molecule has 2 aromatic carbocycles. The van der Waals surface area contributed by atoms with E-state index in [1.165, 1.54) is 12.1 Å². The van der Waals surface area contributed by atoms with Crippen molar-refractivity contribution in [2.24, 2.45) is 0 Å². The van der Waals surface area contributed by atoms with Crippen molar-refractivity contribution in [3.05, 3.63) is 84.2 Å². The summed E-state index contributed by atoms with van der Waals surface area (Å²) in [6, 6.07) is 16.0. The fraction of sp³-hybridized carbons (Fsp3) is 0.211. The molecule has 1 N–H and O–H groups in total. The molecule has 0 aliphatic carbocycles. The first-order valence-electron chi connectivity index (χ1n) is 7.61. The van der Waals surface area contributed by atoms with Gasteiger partial charge in [0.15, 0.2) is 0 Å². The number of carbonyl (C=O) groups is 1. The van der Waals surface area contributed by atoms with Crippen molar-refractivity contribution >= 4 is 6.03 Å². The van der Waals surface area contributed by atoms with E-state index in [0.29, 0.717) is 26.1 Å². The smallest absolute Gasteiger partial charge is 0.317 e. The first-order chi connectivity index (χ1) is 11.2. The van der Waals surface area contributed by atoms with Crippen molar-refractivity contribution in [1.82, 2.24) is 10.2 Å². The number of halogens is 1. The highest BCUT2D eigenvalue weighted by Crippen LogP contribution is 2.06. The Morgan fingerprint density at radius 1 is 1.09 bits per heavy atom. The predicted molar refractivity (Wildman–Crippen MR) is 90.6 cm³/mol. The molecule has 0 atom stereocenters. The quantitative estimate of drug-likeness (QED) is 0.776. The number of amides is 2. The number of carbonyl (C=O) groups excluding carboxylic acids is 1. The number of nitrogens with zero attached hydrogens (tertiary/aromatic N) is 1. The van der Waals surface area contributed by atoms with E-state index in [9.17, 15) is 9.18 Å². The third-order valence-electron chi connectivity index (χ3n) is 3.46. The molecule has 0 saturated heterocycles. The molecule has 4 heteroatoms. The van der Waals surface area contributed by atoms with Crippen molar-refractivity contribution in [1.29, 1.82) is 0 Å². The number of benzene rings is 2. The Labute approximate surface area is 136 Å². The fourth-order valence-electron chi connectivity index (χ4n) is 2.26. The molecule has 0 heterocycles. The van der Waals surface area contributed by atoms with Crippen LogP contribution in [-0.4, -0.2) is 24.0 Å². The Balaban J connectivity index is 1.85. The Hall–Kier alpha value is -2.62. The molecule has 3 nitrogen and oxygen atoms in total. The molecular formula is C19H21FN2O. The molecular weight excluding hydrogens is 291 g/mol. The van der Waals surface area contributed by atoms with Crippen LogP contribution >= 0.6 is 0 Å². The molecule has 0 aliphatic rings. The van der Waals surface area contributed by atoms with Crippen LogP contribution in [-0.2, 0) is 13.0 Å². The van der Waals surface area contributed by atoms with Gasteiger partial charge in [0.25, 0.3) is 0 Å². The van der Waals surface area contributed by atoms with E-state index >= 15 is 0 Å². The van der Waals surface area contributed by atoms with E-state index in [1.54, 1.807) is 23.1 Å². The highest BCUT2D eigenvalue weighted by atomic mass is 19.1. The second kappa shape index (κ2) is 8.73. The van der Waals surface area contributed by atoms with E-state index in [4.69, 9.17) is 0 Å². The van der Waals surface area contributed by atoms with Gasteiger partial charge in [-0.05, 0) is 29.7 Å². The van der Waals surface area contributed by atoms with Crippen LogP contribution in [0.1, 0.15) is 11.1 Å². The molecule has 2 aromatic rings. The summed E-state index contributed by atoms with van der Waals surface area (Å²) in [6.45, 7) is 5.23. The second-order valence-electron chi connectivity index (χ2n) is 5.26. The molecule has 0 aliphatic heterocycles. The number of hydrogen-bond donors (Lipinski definition) is 1. The molecule has 2 rings (SSSR count). The number of hydrogen-bond acceptors (Lipinski definition) is 1. The third kappa shape index (κ3) is 5.58. The van der Waals surface area contributed by atoms with Crippen molar-refractivity contribution in [3.8, 4) is 0 Å². The summed E-state index contributed by atoms with van der Waals surface area (Å²) in [6.07, 6.45) is 2.38. The van der Waals surface area contributed by atoms with E-state index in [0.717, 1.165) is 11.1 Å². The van der Waals surface area contributed by atoms with Gasteiger partial charge in [-0.3, -0.25) is 0 Å².